The molecule has 0 aromatic heterocycles. The number of nitrogens with zero attached hydrogens (tertiary/aromatic N) is 8. The van der Waals surface area contributed by atoms with Gasteiger partial charge in [0.25, 0.3) is 0 Å². The van der Waals surface area contributed by atoms with Crippen molar-refractivity contribution >= 4 is 130 Å². The number of rotatable bonds is 49. The topological polar surface area (TPSA) is 732 Å². The van der Waals surface area contributed by atoms with Crippen LogP contribution in [-0.4, -0.2) is 400 Å². The number of carboxylic acid groups (broad SMARTS) is 1. The molecule has 0 aliphatic carbocycles. The molecule has 147 heavy (non-hydrogen) atoms. The van der Waals surface area contributed by atoms with Gasteiger partial charge in [-0.05, 0) is 186 Å². The van der Waals surface area contributed by atoms with Gasteiger partial charge in [-0.2, -0.15) is 0 Å². The Morgan fingerprint density at radius 1 is 0.361 bits per heavy atom. The summed E-state index contributed by atoms with van der Waals surface area (Å²) >= 11 is 0. The predicted octanol–water partition coefficient (Wildman–Crippen LogP) is -7.04. The van der Waals surface area contributed by atoms with Crippen LogP contribution in [0.3, 0.4) is 0 Å². The van der Waals surface area contributed by atoms with Crippen LogP contribution in [0.4, 0.5) is 0 Å². The fraction of sp³-hybridized carbons (Fsp3) is 0.711. The number of primary amides is 1. The average molecular weight is 2070 g/mol. The number of nitrogens with two attached hydrogens (primary N) is 3. The third-order valence-electron chi connectivity index (χ3n) is 28.3. The van der Waals surface area contributed by atoms with Crippen LogP contribution in [0.1, 0.15) is 216 Å². The summed E-state index contributed by atoms with van der Waals surface area (Å²) in [6.07, 6.45) is -0.216. The van der Waals surface area contributed by atoms with Crippen LogP contribution in [0, 0.1) is 23.2 Å². The van der Waals surface area contributed by atoms with E-state index in [2.05, 4.69) is 63.8 Å². The maximum absolute atomic E-state index is 15.0. The summed E-state index contributed by atoms with van der Waals surface area (Å²) in [7, 11) is 0. The first kappa shape index (κ1) is 118. The van der Waals surface area contributed by atoms with Crippen molar-refractivity contribution in [1.29, 1.82) is 5.41 Å². The Bertz CT molecular complexity index is 4910. The van der Waals surface area contributed by atoms with Crippen molar-refractivity contribution in [3.05, 3.63) is 35.9 Å². The number of carbonyl (C=O) groups excluding carboxylic acids is 20. The summed E-state index contributed by atoms with van der Waals surface area (Å²) in [5, 5.41) is 91.0. The number of nitrogens with one attached hydrogen (secondary N) is 13. The van der Waals surface area contributed by atoms with E-state index in [1.54, 1.807) is 44.2 Å². The number of carboxylic acids is 1. The highest BCUT2D eigenvalue weighted by Gasteiger charge is 2.53. The first-order chi connectivity index (χ1) is 69.6. The normalized spacial score (nSPS) is 22.7. The van der Waals surface area contributed by atoms with E-state index in [1.807, 2.05) is 27.7 Å². The number of guanidine groups is 1. The molecule has 0 spiro atoms. The lowest BCUT2D eigenvalue weighted by Crippen LogP contribution is -2.62. The summed E-state index contributed by atoms with van der Waals surface area (Å²) in [6, 6.07) is -18.3. The van der Waals surface area contributed by atoms with E-state index in [0.29, 0.717) is 44.1 Å². The molecule has 0 unspecified atom stereocenters. The van der Waals surface area contributed by atoms with Gasteiger partial charge in [0.2, 0.25) is 118 Å². The second-order valence-electron chi connectivity index (χ2n) is 40.8. The molecule has 24 N–H and O–H groups in total. The van der Waals surface area contributed by atoms with Crippen LogP contribution in [0.15, 0.2) is 30.3 Å². The summed E-state index contributed by atoms with van der Waals surface area (Å²) in [5.41, 5.74) is 17.8. The van der Waals surface area contributed by atoms with Gasteiger partial charge in [-0.1, -0.05) is 71.9 Å². The second-order valence-corrected chi connectivity index (χ2v) is 40.8. The molecule has 9 rings (SSSR count). The SMILES string of the molecule is CC(C)C[C@H](NC(=O)[C@@H]1CCCN1C(=O)[C@@H]1CCCN1C(=O)[C@@H]1CCCN1C(=O)[C@@H]1CCCN1C(=O)[C@H](CCCNC(=N)N)NC(=O)[C@H](CO)NC(=O)[C@@H]1CCCN1C(=O)[C@@H]1CCCN1C(=O)[C@@H]1CCCN1C(=O)[C@H](C)NC(=O)[C@H](CO)NC(=O)[C@@H](NC(=O)[C@@H]1CCCN1C(=O)[C@H](CCC(N)=O)NC(=O)[C@@H](NC(=O)[C@H](Cc1ccccc1)NC(=O)[C@@H](N)CC(C)C)[C@@H](C)O)[C@@H](C)O)C(=O)N[C@@H](C)C(=O)N[C@H](C(=O)O)C(C)C. The third-order valence-corrected chi connectivity index (χ3v) is 28.3. The van der Waals surface area contributed by atoms with Gasteiger partial charge in [0.1, 0.15) is 115 Å². The molecule has 8 aliphatic heterocycles. The number of hydrogen-bond acceptors (Lipinski definition) is 27. The molecule has 8 aliphatic rings. The summed E-state index contributed by atoms with van der Waals surface area (Å²) < 4.78 is 0. The van der Waals surface area contributed by atoms with Gasteiger partial charge in [0, 0.05) is 71.7 Å². The largest absolute Gasteiger partial charge is 0.480 e. The molecule has 8 fully saturated rings. The molecule has 50 heteroatoms. The van der Waals surface area contributed by atoms with Crippen molar-refractivity contribution in [3.8, 4) is 0 Å². The van der Waals surface area contributed by atoms with E-state index in [9.17, 15) is 117 Å². The van der Waals surface area contributed by atoms with Gasteiger partial charge in [-0.15, -0.1) is 0 Å². The Morgan fingerprint density at radius 2 is 0.694 bits per heavy atom. The van der Waals surface area contributed by atoms with Crippen LogP contribution < -0.4 is 81.0 Å². The van der Waals surface area contributed by atoms with Crippen molar-refractivity contribution in [2.24, 2.45) is 35.0 Å². The number of hydrogen-bond donors (Lipinski definition) is 21. The lowest BCUT2D eigenvalue weighted by Gasteiger charge is -2.36. The van der Waals surface area contributed by atoms with Gasteiger partial charge in [0.15, 0.2) is 5.96 Å². The second kappa shape index (κ2) is 54.7. The van der Waals surface area contributed by atoms with Gasteiger partial charge >= 0.3 is 5.97 Å². The Morgan fingerprint density at radius 3 is 1.12 bits per heavy atom. The highest BCUT2D eigenvalue weighted by Crippen LogP contribution is 2.34. The smallest absolute Gasteiger partial charge is 0.326 e. The fourth-order valence-electron chi connectivity index (χ4n) is 20.5. The number of likely N-dealkylation sites (tertiary alicyclic amines) is 8. The fourth-order valence-corrected chi connectivity index (χ4v) is 20.5. The molecule has 50 nitrogen and oxygen atoms in total. The van der Waals surface area contributed by atoms with Crippen LogP contribution in [-0.2, 0) is 107 Å². The number of carbonyl (C=O) groups is 21. The van der Waals surface area contributed by atoms with Crippen molar-refractivity contribution in [3.63, 3.8) is 0 Å². The molecule has 0 bridgehead atoms. The van der Waals surface area contributed by atoms with E-state index in [4.69, 9.17) is 22.6 Å². The van der Waals surface area contributed by atoms with Crippen molar-refractivity contribution < 1.29 is 126 Å². The quantitative estimate of drug-likeness (QED) is 0.0164. The molecular weight excluding hydrogens is 1920 g/mol. The molecule has 8 saturated heterocycles. The maximum atomic E-state index is 15.0. The number of aliphatic hydroxyl groups excluding tert-OH is 4. The van der Waals surface area contributed by atoms with E-state index in [1.165, 1.54) is 55.1 Å². The molecule has 1 aromatic rings. The van der Waals surface area contributed by atoms with Gasteiger partial charge < -0.3 is 146 Å². The minimum atomic E-state index is -1.89. The number of aliphatic hydroxyl groups is 4. The van der Waals surface area contributed by atoms with Crippen LogP contribution in [0.5, 0.6) is 0 Å². The van der Waals surface area contributed by atoms with E-state index >= 15 is 9.59 Å². The van der Waals surface area contributed by atoms with Crippen LogP contribution >= 0.6 is 0 Å². The molecular formula is C97H152N24O26. The number of benzene rings is 1. The minimum Gasteiger partial charge on any atom is -0.480 e. The molecule has 1 aromatic carbocycles. The van der Waals surface area contributed by atoms with Crippen molar-refractivity contribution in [1.82, 2.24) is 103 Å². The third kappa shape index (κ3) is 31.2. The standard InChI is InChI=1S/C97H152N24O26/c1-50(2)45-58(98)78(128)107-62(47-57-23-12-11-13-24-57)80(130)112-75(55(9)124)86(136)106-60(34-35-73(99)126)90(140)114-37-15-28-67(114)85(135)113-76(56(10)125)87(137)110-63(48-122)81(131)104-54(8)88(138)117-40-18-29-68(117)93(143)119-42-20-31-70(119)92(142)116-39-17-27-66(116)84(134)109-64(49-123)82(132)105-59(25-14-36-102-97(100)101)89(139)118-41-19-30-69(118)94(144)121-44-22-33-72(121)95(145)120-43-21-32-71(120)91(141)115-38-16-26-65(115)83(133)108-61(46-51(3)4)79(129)103-53(7)77(127)111-74(52(5)6)96(146)147/h11-13,23-24,50-56,58-72,74-76,122-125H,14-22,25-49,98H2,1-10H3,(H2,99,126)(H,103,129)(H,104,131)(H,105,132)(H,106,136)(H,107,128)(H,108,133)(H,109,134)(H,110,137)(H,111,127)(H,112,130)(H,113,135)(H,146,147)(H4,100,101,102)/t53-,54-,55+,56+,58-,59-,60-,61-,62-,63-,64-,65-,66-,67-,68-,69-,70-,71-,72-,74-,75-,76-/m0/s1. The monoisotopic (exact) mass is 2070 g/mol. The Labute approximate surface area is 853 Å². The molecule has 816 valence electrons. The van der Waals surface area contributed by atoms with Crippen LogP contribution in [0.25, 0.3) is 0 Å². The highest BCUT2D eigenvalue weighted by molar-refractivity contribution is 6.03. The zero-order valence-electron chi connectivity index (χ0n) is 85.5. The van der Waals surface area contributed by atoms with E-state index in [-0.39, 0.29) is 167 Å². The number of amides is 20. The van der Waals surface area contributed by atoms with Gasteiger partial charge in [0.05, 0.1) is 31.5 Å². The summed E-state index contributed by atoms with van der Waals surface area (Å²) in [6.45, 7) is 13.9. The van der Waals surface area contributed by atoms with Crippen molar-refractivity contribution in [2.45, 2.75) is 350 Å². The zero-order chi connectivity index (χ0) is 108. The van der Waals surface area contributed by atoms with E-state index in [0.717, 1.165) is 11.8 Å². The molecule has 0 saturated carbocycles. The Kier molecular flexibility index (Phi) is 43.8. The van der Waals surface area contributed by atoms with Crippen molar-refractivity contribution in [2.75, 3.05) is 72.1 Å². The molecule has 8 heterocycles. The zero-order valence-corrected chi connectivity index (χ0v) is 85.5. The molecule has 22 atom stereocenters. The summed E-state index contributed by atoms with van der Waals surface area (Å²) in [4.78, 5) is 307. The average Bonchev–Trinajstić information content (AvgIpc) is 1.61. The first-order valence-electron chi connectivity index (χ1n) is 51.3. The summed E-state index contributed by atoms with van der Waals surface area (Å²) in [5.74, 6) is -18.4. The lowest BCUT2D eigenvalue weighted by molar-refractivity contribution is -0.153. The minimum absolute atomic E-state index is 0.00682. The maximum Gasteiger partial charge on any atom is 0.326 e. The lowest BCUT2D eigenvalue weighted by atomic mass is 10.0. The Balaban J connectivity index is 0.776. The molecule has 20 amide bonds. The first-order valence-corrected chi connectivity index (χ1v) is 51.3. The number of aliphatic carboxylic acids is 1. The molecule has 0 radical (unpaired) electrons. The predicted molar refractivity (Wildman–Crippen MR) is 525 cm³/mol. The Hall–Kier alpha value is -12.8. The van der Waals surface area contributed by atoms with Crippen LogP contribution in [0.2, 0.25) is 0 Å². The van der Waals surface area contributed by atoms with Gasteiger partial charge in [-0.3, -0.25) is 101 Å². The van der Waals surface area contributed by atoms with E-state index < -0.39 is 295 Å². The highest BCUT2D eigenvalue weighted by atomic mass is 16.4. The van der Waals surface area contributed by atoms with Gasteiger partial charge in [-0.25, -0.2) is 4.79 Å².